The number of ether oxygens (including phenoxy) is 1. The Bertz CT molecular complexity index is 490. The highest BCUT2D eigenvalue weighted by atomic mass is 19.1. The van der Waals surface area contributed by atoms with E-state index in [-0.39, 0.29) is 0 Å². The normalized spacial score (nSPS) is 9.88. The van der Waals surface area contributed by atoms with E-state index in [1.165, 1.54) is 6.07 Å². The van der Waals surface area contributed by atoms with E-state index in [1.807, 2.05) is 18.2 Å². The zero-order valence-electron chi connectivity index (χ0n) is 8.64. The van der Waals surface area contributed by atoms with Crippen LogP contribution in [0.5, 0.6) is 5.75 Å². The number of hydrogen-bond donors (Lipinski definition) is 1. The number of anilines is 2. The molecule has 82 valence electrons. The predicted molar refractivity (Wildman–Crippen MR) is 58.3 cm³/mol. The lowest BCUT2D eigenvalue weighted by molar-refractivity contribution is 0.417. The molecule has 0 amide bonds. The van der Waals surface area contributed by atoms with Gasteiger partial charge >= 0.3 is 0 Å². The van der Waals surface area contributed by atoms with Gasteiger partial charge in [0.15, 0.2) is 0 Å². The molecule has 0 atom stereocenters. The predicted octanol–water partition coefficient (Wildman–Crippen LogP) is 2.37. The molecule has 0 radical (unpaired) electrons. The van der Waals surface area contributed by atoms with Crippen LogP contribution in [0.15, 0.2) is 36.7 Å². The van der Waals surface area contributed by atoms with Gasteiger partial charge in [-0.2, -0.15) is 4.39 Å². The Balaban J connectivity index is 2.26. The van der Waals surface area contributed by atoms with E-state index >= 15 is 0 Å². The molecule has 1 aromatic heterocycles. The van der Waals surface area contributed by atoms with Crippen LogP contribution in [-0.2, 0) is 0 Å². The molecule has 1 N–H and O–H groups in total. The third-order valence-electron chi connectivity index (χ3n) is 2.00. The quantitative estimate of drug-likeness (QED) is 0.805. The van der Waals surface area contributed by atoms with Crippen molar-refractivity contribution < 1.29 is 9.13 Å². The first-order valence-corrected chi connectivity index (χ1v) is 4.67. The number of nitrogens with zero attached hydrogens (tertiary/aromatic N) is 2. The van der Waals surface area contributed by atoms with E-state index in [0.29, 0.717) is 11.6 Å². The third-order valence-corrected chi connectivity index (χ3v) is 2.00. The fourth-order valence-corrected chi connectivity index (χ4v) is 1.29. The molecule has 0 aliphatic heterocycles. The van der Waals surface area contributed by atoms with Gasteiger partial charge < -0.3 is 10.1 Å². The van der Waals surface area contributed by atoms with E-state index in [1.54, 1.807) is 13.2 Å². The van der Waals surface area contributed by atoms with Crippen LogP contribution in [0.2, 0.25) is 0 Å². The summed E-state index contributed by atoms with van der Waals surface area (Å²) < 4.78 is 18.0. The molecular weight excluding hydrogens is 209 g/mol. The van der Waals surface area contributed by atoms with E-state index in [0.717, 1.165) is 12.0 Å². The van der Waals surface area contributed by atoms with Crippen LogP contribution in [0.4, 0.5) is 15.9 Å². The number of para-hydroxylation sites is 2. The van der Waals surface area contributed by atoms with Crippen LogP contribution in [-0.4, -0.2) is 17.1 Å². The summed E-state index contributed by atoms with van der Waals surface area (Å²) in [6, 6.07) is 8.54. The summed E-state index contributed by atoms with van der Waals surface area (Å²) in [4.78, 5) is 7.27. The number of rotatable bonds is 3. The monoisotopic (exact) mass is 219 g/mol. The summed E-state index contributed by atoms with van der Waals surface area (Å²) >= 11 is 0. The summed E-state index contributed by atoms with van der Waals surface area (Å²) in [5.41, 5.74) is 0.725. The smallest absolute Gasteiger partial charge is 0.218 e. The van der Waals surface area contributed by atoms with Crippen LogP contribution < -0.4 is 10.1 Å². The Hall–Kier alpha value is -2.17. The second-order valence-corrected chi connectivity index (χ2v) is 3.05. The third kappa shape index (κ3) is 2.25. The molecule has 1 aromatic carbocycles. The van der Waals surface area contributed by atoms with Crippen molar-refractivity contribution in [1.29, 1.82) is 0 Å². The molecular formula is C11H10FN3O. The highest BCUT2D eigenvalue weighted by Gasteiger charge is 2.03. The van der Waals surface area contributed by atoms with Crippen LogP contribution >= 0.6 is 0 Å². The topological polar surface area (TPSA) is 47.0 Å². The molecule has 2 rings (SSSR count). The van der Waals surface area contributed by atoms with E-state index in [2.05, 4.69) is 15.3 Å². The van der Waals surface area contributed by atoms with Crippen molar-refractivity contribution in [3.63, 3.8) is 0 Å². The maximum absolute atomic E-state index is 12.8. The van der Waals surface area contributed by atoms with Gasteiger partial charge in [0.2, 0.25) is 5.95 Å². The van der Waals surface area contributed by atoms with E-state index in [4.69, 9.17) is 4.74 Å². The van der Waals surface area contributed by atoms with Crippen molar-refractivity contribution in [3.05, 3.63) is 42.6 Å². The standard InChI is InChI=1S/C11H10FN3O/c1-16-9-5-3-2-4-8(9)15-11-6-10(12)13-7-14-11/h2-7H,1H3,(H,13,14,15). The first-order chi connectivity index (χ1) is 7.79. The van der Waals surface area contributed by atoms with E-state index < -0.39 is 5.95 Å². The van der Waals surface area contributed by atoms with Crippen molar-refractivity contribution in [2.45, 2.75) is 0 Å². The average molecular weight is 219 g/mol. The SMILES string of the molecule is COc1ccccc1Nc1cc(F)ncn1. The maximum atomic E-state index is 12.8. The first kappa shape index (κ1) is 10.4. The molecule has 16 heavy (non-hydrogen) atoms. The second kappa shape index (κ2) is 4.57. The van der Waals surface area contributed by atoms with Gasteiger partial charge in [0.25, 0.3) is 0 Å². The van der Waals surface area contributed by atoms with Gasteiger partial charge in [0, 0.05) is 6.07 Å². The van der Waals surface area contributed by atoms with Crippen LogP contribution in [0.25, 0.3) is 0 Å². The maximum Gasteiger partial charge on any atom is 0.218 e. The lowest BCUT2D eigenvalue weighted by Gasteiger charge is -2.09. The Labute approximate surface area is 92.1 Å². The Morgan fingerprint density at radius 1 is 1.25 bits per heavy atom. The van der Waals surface area contributed by atoms with Crippen molar-refractivity contribution in [1.82, 2.24) is 9.97 Å². The molecule has 0 saturated carbocycles. The van der Waals surface area contributed by atoms with Gasteiger partial charge in [0.1, 0.15) is 17.9 Å². The summed E-state index contributed by atoms with van der Waals surface area (Å²) in [6.45, 7) is 0. The Morgan fingerprint density at radius 2 is 2.06 bits per heavy atom. The number of methoxy groups -OCH3 is 1. The average Bonchev–Trinajstić information content (AvgIpc) is 2.30. The number of benzene rings is 1. The molecule has 4 nitrogen and oxygen atoms in total. The fourth-order valence-electron chi connectivity index (χ4n) is 1.29. The van der Waals surface area contributed by atoms with Crippen molar-refractivity contribution in [3.8, 4) is 5.75 Å². The van der Waals surface area contributed by atoms with Gasteiger partial charge in [-0.3, -0.25) is 0 Å². The van der Waals surface area contributed by atoms with Crippen LogP contribution in [0.1, 0.15) is 0 Å². The van der Waals surface area contributed by atoms with Crippen molar-refractivity contribution in [2.24, 2.45) is 0 Å². The van der Waals surface area contributed by atoms with Crippen molar-refractivity contribution in [2.75, 3.05) is 12.4 Å². The van der Waals surface area contributed by atoms with Gasteiger partial charge in [-0.05, 0) is 12.1 Å². The molecule has 0 aliphatic rings. The molecule has 5 heteroatoms. The van der Waals surface area contributed by atoms with Crippen LogP contribution in [0, 0.1) is 5.95 Å². The summed E-state index contributed by atoms with van der Waals surface area (Å²) in [7, 11) is 1.57. The number of aromatic nitrogens is 2. The van der Waals surface area contributed by atoms with Crippen LogP contribution in [0.3, 0.4) is 0 Å². The number of nitrogens with one attached hydrogen (secondary N) is 1. The largest absolute Gasteiger partial charge is 0.495 e. The van der Waals surface area contributed by atoms with Gasteiger partial charge in [-0.15, -0.1) is 0 Å². The molecule has 1 heterocycles. The van der Waals surface area contributed by atoms with Gasteiger partial charge in [0.05, 0.1) is 12.8 Å². The minimum absolute atomic E-state index is 0.386. The molecule has 2 aromatic rings. The molecule has 0 saturated heterocycles. The fraction of sp³-hybridized carbons (Fsp3) is 0.0909. The lowest BCUT2D eigenvalue weighted by atomic mass is 10.3. The molecule has 0 aliphatic carbocycles. The zero-order valence-corrected chi connectivity index (χ0v) is 8.64. The summed E-state index contributed by atoms with van der Waals surface area (Å²) in [5, 5.41) is 2.95. The summed E-state index contributed by atoms with van der Waals surface area (Å²) in [6.07, 6.45) is 1.16. The van der Waals surface area contributed by atoms with Gasteiger partial charge in [-0.25, -0.2) is 9.97 Å². The minimum atomic E-state index is -0.576. The molecule has 0 spiro atoms. The highest BCUT2D eigenvalue weighted by Crippen LogP contribution is 2.25. The minimum Gasteiger partial charge on any atom is -0.495 e. The van der Waals surface area contributed by atoms with E-state index in [9.17, 15) is 4.39 Å². The first-order valence-electron chi connectivity index (χ1n) is 4.67. The second-order valence-electron chi connectivity index (χ2n) is 3.05. The molecule has 0 fully saturated rings. The number of hydrogen-bond acceptors (Lipinski definition) is 4. The molecule has 0 bridgehead atoms. The lowest BCUT2D eigenvalue weighted by Crippen LogP contribution is -1.97. The Kier molecular flexibility index (Phi) is 2.95. The zero-order chi connectivity index (χ0) is 11.4. The number of halogens is 1. The highest BCUT2D eigenvalue weighted by molar-refractivity contribution is 5.63. The summed E-state index contributed by atoms with van der Waals surface area (Å²) in [5.74, 6) is 0.478. The van der Waals surface area contributed by atoms with Gasteiger partial charge in [-0.1, -0.05) is 12.1 Å². The van der Waals surface area contributed by atoms with Crippen molar-refractivity contribution >= 4 is 11.5 Å². The Morgan fingerprint density at radius 3 is 2.81 bits per heavy atom. The molecule has 0 unspecified atom stereocenters.